The Balaban J connectivity index is 1.57. The molecule has 3 rings (SSSR count). The summed E-state index contributed by atoms with van der Waals surface area (Å²) < 4.78 is 32.9. The lowest BCUT2D eigenvalue weighted by molar-refractivity contribution is 0.0953. The summed E-state index contributed by atoms with van der Waals surface area (Å²) in [5.41, 5.74) is 2.69. The average molecular weight is 439 g/mol. The Bertz CT molecular complexity index is 1150. The Hall–Kier alpha value is -3.32. The summed E-state index contributed by atoms with van der Waals surface area (Å²) >= 11 is 0. The van der Waals surface area contributed by atoms with Gasteiger partial charge < -0.3 is 10.1 Å². The predicted octanol–water partition coefficient (Wildman–Crippen LogP) is 4.17. The van der Waals surface area contributed by atoms with Crippen molar-refractivity contribution in [3.05, 3.63) is 89.5 Å². The fourth-order valence-corrected chi connectivity index (χ4v) is 4.37. The molecule has 6 nitrogen and oxygen atoms in total. The number of benzene rings is 3. The smallest absolute Gasteiger partial charge is 0.261 e. The monoisotopic (exact) mass is 438 g/mol. The molecule has 0 fully saturated rings. The average Bonchev–Trinajstić information content (AvgIpc) is 2.78. The molecule has 7 heteroatoms. The first-order valence-corrected chi connectivity index (χ1v) is 11.5. The first-order chi connectivity index (χ1) is 14.9. The third kappa shape index (κ3) is 5.86. The van der Waals surface area contributed by atoms with E-state index in [0.717, 1.165) is 24.2 Å². The fourth-order valence-electron chi connectivity index (χ4n) is 3.22. The summed E-state index contributed by atoms with van der Waals surface area (Å²) in [5, 5.41) is 2.91. The molecule has 0 bridgehead atoms. The Morgan fingerprint density at radius 1 is 0.968 bits per heavy atom. The Kier molecular flexibility index (Phi) is 7.31. The molecule has 2 N–H and O–H groups in total. The molecule has 162 valence electrons. The number of nitrogens with one attached hydrogen (secondary N) is 2. The fraction of sp³-hybridized carbons (Fsp3) is 0.208. The molecule has 0 aliphatic carbocycles. The number of methoxy groups -OCH3 is 1. The summed E-state index contributed by atoms with van der Waals surface area (Å²) in [6.45, 7) is 2.29. The second-order valence-electron chi connectivity index (χ2n) is 7.12. The van der Waals surface area contributed by atoms with Gasteiger partial charge in [-0.25, -0.2) is 8.42 Å². The van der Waals surface area contributed by atoms with E-state index in [1.54, 1.807) is 50.4 Å². The Morgan fingerprint density at radius 2 is 1.68 bits per heavy atom. The van der Waals surface area contributed by atoms with Crippen LogP contribution in [0.15, 0.2) is 77.7 Å². The number of carbonyl (C=O) groups excluding carboxylic acids is 1. The highest BCUT2D eigenvalue weighted by Crippen LogP contribution is 2.21. The van der Waals surface area contributed by atoms with Crippen LogP contribution >= 0.6 is 0 Å². The molecule has 1 amide bonds. The molecular weight excluding hydrogens is 412 g/mol. The quantitative estimate of drug-likeness (QED) is 0.491. The van der Waals surface area contributed by atoms with Gasteiger partial charge in [0.2, 0.25) is 0 Å². The minimum absolute atomic E-state index is 0.186. The van der Waals surface area contributed by atoms with Crippen molar-refractivity contribution in [1.82, 2.24) is 5.32 Å². The van der Waals surface area contributed by atoms with E-state index in [1.165, 1.54) is 12.1 Å². The molecule has 0 aliphatic heterocycles. The second kappa shape index (κ2) is 10.1. The Labute approximate surface area is 183 Å². The van der Waals surface area contributed by atoms with E-state index in [-0.39, 0.29) is 10.8 Å². The van der Waals surface area contributed by atoms with E-state index in [2.05, 4.69) is 10.0 Å². The molecule has 0 radical (unpaired) electrons. The number of hydrogen-bond donors (Lipinski definition) is 2. The maximum absolute atomic E-state index is 12.5. The molecule has 3 aromatic rings. The highest BCUT2D eigenvalue weighted by atomic mass is 32.2. The van der Waals surface area contributed by atoms with Crippen molar-refractivity contribution in [2.24, 2.45) is 0 Å². The first kappa shape index (κ1) is 22.4. The number of anilines is 1. The number of carbonyl (C=O) groups is 1. The van der Waals surface area contributed by atoms with E-state index < -0.39 is 10.0 Å². The number of amides is 1. The van der Waals surface area contributed by atoms with Crippen LogP contribution in [0.5, 0.6) is 5.75 Å². The molecule has 0 unspecified atom stereocenters. The maximum atomic E-state index is 12.5. The van der Waals surface area contributed by atoms with Gasteiger partial charge in [0.15, 0.2) is 0 Å². The summed E-state index contributed by atoms with van der Waals surface area (Å²) in [4.78, 5) is 12.7. The minimum atomic E-state index is -3.68. The van der Waals surface area contributed by atoms with Crippen molar-refractivity contribution in [3.63, 3.8) is 0 Å². The number of para-hydroxylation sites is 1. The van der Waals surface area contributed by atoms with Crippen LogP contribution in [0.1, 0.15) is 27.9 Å². The third-order valence-electron chi connectivity index (χ3n) is 4.89. The zero-order chi connectivity index (χ0) is 22.3. The Morgan fingerprint density at radius 3 is 2.39 bits per heavy atom. The topological polar surface area (TPSA) is 84.5 Å². The highest BCUT2D eigenvalue weighted by Gasteiger charge is 2.15. The van der Waals surface area contributed by atoms with Crippen LogP contribution in [0.3, 0.4) is 0 Å². The molecule has 31 heavy (non-hydrogen) atoms. The molecule has 0 spiro atoms. The molecule has 0 saturated carbocycles. The number of rotatable bonds is 9. The predicted molar refractivity (Wildman–Crippen MR) is 122 cm³/mol. The zero-order valence-corrected chi connectivity index (χ0v) is 18.4. The van der Waals surface area contributed by atoms with Crippen molar-refractivity contribution >= 4 is 21.6 Å². The van der Waals surface area contributed by atoms with Crippen molar-refractivity contribution in [1.29, 1.82) is 0 Å². The number of ether oxygens (including phenoxy) is 1. The molecule has 0 atom stereocenters. The van der Waals surface area contributed by atoms with Crippen molar-refractivity contribution in [3.8, 4) is 5.75 Å². The van der Waals surface area contributed by atoms with E-state index in [1.807, 2.05) is 24.3 Å². The van der Waals surface area contributed by atoms with Gasteiger partial charge in [0.1, 0.15) is 5.75 Å². The normalized spacial score (nSPS) is 11.0. The largest absolute Gasteiger partial charge is 0.496 e. The van der Waals surface area contributed by atoms with Crippen LogP contribution in [-0.4, -0.2) is 28.0 Å². The zero-order valence-electron chi connectivity index (χ0n) is 17.6. The van der Waals surface area contributed by atoms with E-state index in [4.69, 9.17) is 4.74 Å². The second-order valence-corrected chi connectivity index (χ2v) is 8.80. The highest BCUT2D eigenvalue weighted by molar-refractivity contribution is 7.92. The van der Waals surface area contributed by atoms with Gasteiger partial charge in [-0.15, -0.1) is 0 Å². The van der Waals surface area contributed by atoms with Gasteiger partial charge in [-0.2, -0.15) is 0 Å². The van der Waals surface area contributed by atoms with Crippen LogP contribution in [0.25, 0.3) is 0 Å². The summed E-state index contributed by atoms with van der Waals surface area (Å²) in [6.07, 6.45) is 1.57. The van der Waals surface area contributed by atoms with E-state index in [9.17, 15) is 13.2 Å². The van der Waals surface area contributed by atoms with Gasteiger partial charge in [0, 0.05) is 12.1 Å². The molecule has 0 aliphatic rings. The van der Waals surface area contributed by atoms with Gasteiger partial charge >= 0.3 is 0 Å². The summed E-state index contributed by atoms with van der Waals surface area (Å²) in [7, 11) is -2.03. The van der Waals surface area contributed by atoms with Crippen LogP contribution in [-0.2, 0) is 16.4 Å². The van der Waals surface area contributed by atoms with Crippen molar-refractivity contribution < 1.29 is 17.9 Å². The molecule has 0 aromatic heterocycles. The number of hydrogen-bond acceptors (Lipinski definition) is 4. The molecule has 0 saturated heterocycles. The number of sulfonamides is 1. The van der Waals surface area contributed by atoms with Crippen LogP contribution in [0.2, 0.25) is 0 Å². The molecule has 3 aromatic carbocycles. The van der Waals surface area contributed by atoms with Gasteiger partial charge in [0.05, 0.1) is 17.7 Å². The lowest BCUT2D eigenvalue weighted by Gasteiger charge is -2.12. The number of aryl methyl sites for hydroxylation is 2. The SMILES string of the molecule is COc1ccccc1CCCNC(=O)c1ccc(NS(=O)(=O)c2ccccc2)c(C)c1. The summed E-state index contributed by atoms with van der Waals surface area (Å²) in [6, 6.07) is 20.9. The van der Waals surface area contributed by atoms with Crippen molar-refractivity contribution in [2.75, 3.05) is 18.4 Å². The minimum Gasteiger partial charge on any atom is -0.496 e. The third-order valence-corrected chi connectivity index (χ3v) is 6.27. The molecule has 0 heterocycles. The molecular formula is C24H26N2O4S. The van der Waals surface area contributed by atoms with Crippen LogP contribution < -0.4 is 14.8 Å². The summed E-state index contributed by atoms with van der Waals surface area (Å²) in [5.74, 6) is 0.651. The van der Waals surface area contributed by atoms with Gasteiger partial charge in [-0.1, -0.05) is 36.4 Å². The van der Waals surface area contributed by atoms with Gasteiger partial charge in [-0.05, 0) is 67.3 Å². The first-order valence-electron chi connectivity index (χ1n) is 9.99. The standard InChI is InChI=1S/C24H26N2O4S/c1-18-17-20(14-15-22(18)26-31(28,29)21-11-4-3-5-12-21)24(27)25-16-8-10-19-9-6-7-13-23(19)30-2/h3-7,9,11-15,17,26H,8,10,16H2,1-2H3,(H,25,27). The van der Waals surface area contributed by atoms with E-state index in [0.29, 0.717) is 23.4 Å². The van der Waals surface area contributed by atoms with Gasteiger partial charge in [0.25, 0.3) is 15.9 Å². The van der Waals surface area contributed by atoms with Crippen LogP contribution in [0, 0.1) is 6.92 Å². The lowest BCUT2D eigenvalue weighted by Crippen LogP contribution is -2.25. The van der Waals surface area contributed by atoms with Crippen LogP contribution in [0.4, 0.5) is 5.69 Å². The van der Waals surface area contributed by atoms with Crippen molar-refractivity contribution in [2.45, 2.75) is 24.7 Å². The van der Waals surface area contributed by atoms with Gasteiger partial charge in [-0.3, -0.25) is 9.52 Å². The maximum Gasteiger partial charge on any atom is 0.261 e. The lowest BCUT2D eigenvalue weighted by atomic mass is 10.1. The van der Waals surface area contributed by atoms with E-state index >= 15 is 0 Å².